The second-order valence-electron chi connectivity index (χ2n) is 11.4. The summed E-state index contributed by atoms with van der Waals surface area (Å²) >= 11 is 7.79. The average molecular weight is 666 g/mol. The van der Waals surface area contributed by atoms with Crippen molar-refractivity contribution >= 4 is 35.0 Å². The van der Waals surface area contributed by atoms with Crippen LogP contribution >= 0.6 is 22.9 Å². The third-order valence-electron chi connectivity index (χ3n) is 8.37. The van der Waals surface area contributed by atoms with Gasteiger partial charge in [0.2, 0.25) is 0 Å². The number of aromatic nitrogens is 2. The Morgan fingerprint density at radius 1 is 1.00 bits per heavy atom. The Balaban J connectivity index is 1.50. The van der Waals surface area contributed by atoms with E-state index < -0.39 is 12.0 Å². The maximum absolute atomic E-state index is 14.3. The number of esters is 1. The minimum Gasteiger partial charge on any atom is -0.496 e. The van der Waals surface area contributed by atoms with E-state index in [1.54, 1.807) is 36.8 Å². The van der Waals surface area contributed by atoms with E-state index in [1.165, 1.54) is 11.3 Å². The molecule has 0 saturated carbocycles. The normalized spacial score (nSPS) is 14.6. The van der Waals surface area contributed by atoms with Crippen molar-refractivity contribution < 1.29 is 14.3 Å². The second-order valence-corrected chi connectivity index (χ2v) is 12.8. The molecule has 1 atom stereocenters. The molecule has 0 fully saturated rings. The van der Waals surface area contributed by atoms with Gasteiger partial charge in [-0.2, -0.15) is 0 Å². The number of hydrogen-bond acceptors (Lipinski definition) is 6. The summed E-state index contributed by atoms with van der Waals surface area (Å²) in [5, 5.41) is 0.462. The van der Waals surface area contributed by atoms with Gasteiger partial charge in [-0.25, -0.2) is 9.79 Å². The van der Waals surface area contributed by atoms with Crippen LogP contribution in [0.1, 0.15) is 55.2 Å². The quantitative estimate of drug-likeness (QED) is 0.155. The fraction of sp³-hybridized carbons (Fsp3) is 0.237. The number of benzene rings is 3. The fourth-order valence-corrected chi connectivity index (χ4v) is 7.43. The molecule has 3 aromatic carbocycles. The van der Waals surface area contributed by atoms with E-state index >= 15 is 0 Å². The van der Waals surface area contributed by atoms with Crippen molar-refractivity contribution in [3.63, 3.8) is 0 Å². The molecule has 1 aliphatic rings. The van der Waals surface area contributed by atoms with Crippen LogP contribution in [0.25, 0.3) is 22.9 Å². The molecule has 47 heavy (non-hydrogen) atoms. The summed E-state index contributed by atoms with van der Waals surface area (Å²) in [4.78, 5) is 33.3. The van der Waals surface area contributed by atoms with E-state index in [-0.39, 0.29) is 12.2 Å². The van der Waals surface area contributed by atoms with Crippen molar-refractivity contribution in [3.05, 3.63) is 137 Å². The highest BCUT2D eigenvalue weighted by atomic mass is 35.5. The first-order chi connectivity index (χ1) is 22.7. The van der Waals surface area contributed by atoms with Crippen molar-refractivity contribution in [1.82, 2.24) is 9.13 Å². The van der Waals surface area contributed by atoms with Gasteiger partial charge in [0.15, 0.2) is 4.80 Å². The van der Waals surface area contributed by atoms with Crippen LogP contribution in [0.2, 0.25) is 5.02 Å². The Hall–Kier alpha value is -4.66. The van der Waals surface area contributed by atoms with Crippen molar-refractivity contribution in [2.24, 2.45) is 4.99 Å². The number of thiazole rings is 1. The van der Waals surface area contributed by atoms with Gasteiger partial charge in [-0.15, -0.1) is 0 Å². The van der Waals surface area contributed by atoms with Crippen LogP contribution in [0, 0.1) is 13.8 Å². The number of nitrogens with zero attached hydrogens (tertiary/aromatic N) is 3. The van der Waals surface area contributed by atoms with E-state index in [2.05, 4.69) is 60.9 Å². The highest BCUT2D eigenvalue weighted by molar-refractivity contribution is 7.07. The average Bonchev–Trinajstić information content (AvgIpc) is 3.54. The lowest BCUT2D eigenvalue weighted by molar-refractivity contribution is -0.139. The largest absolute Gasteiger partial charge is 0.496 e. The number of fused-ring (bicyclic) bond motifs is 1. The molecule has 0 N–H and O–H groups in total. The van der Waals surface area contributed by atoms with Crippen LogP contribution in [-0.2, 0) is 9.53 Å². The lowest BCUT2D eigenvalue weighted by Gasteiger charge is -2.27. The summed E-state index contributed by atoms with van der Waals surface area (Å²) in [5.74, 6) is -0.00167. The molecule has 0 saturated heterocycles. The van der Waals surface area contributed by atoms with E-state index in [0.717, 1.165) is 40.2 Å². The lowest BCUT2D eigenvalue weighted by atomic mass is 9.93. The van der Waals surface area contributed by atoms with E-state index in [4.69, 9.17) is 26.1 Å². The van der Waals surface area contributed by atoms with Crippen LogP contribution in [0.3, 0.4) is 0 Å². The molecule has 2 aromatic heterocycles. The molecule has 3 heterocycles. The molecule has 9 heteroatoms. The summed E-state index contributed by atoms with van der Waals surface area (Å²) in [6, 6.07) is 25.2. The number of rotatable bonds is 9. The molecular weight excluding hydrogens is 630 g/mol. The first kappa shape index (κ1) is 32.3. The number of carbonyl (C=O) groups is 1. The molecule has 0 amide bonds. The zero-order valence-electron chi connectivity index (χ0n) is 27.0. The molecule has 0 bridgehead atoms. The molecule has 5 aromatic rings. The zero-order valence-corrected chi connectivity index (χ0v) is 28.6. The highest BCUT2D eigenvalue weighted by Crippen LogP contribution is 2.38. The molecule has 0 radical (unpaired) electrons. The van der Waals surface area contributed by atoms with E-state index in [9.17, 15) is 9.59 Å². The summed E-state index contributed by atoms with van der Waals surface area (Å²) in [5.41, 5.74) is 7.59. The first-order valence-corrected chi connectivity index (χ1v) is 16.8. The van der Waals surface area contributed by atoms with Gasteiger partial charge < -0.3 is 14.0 Å². The Morgan fingerprint density at radius 3 is 2.40 bits per heavy atom. The Kier molecular flexibility index (Phi) is 9.34. The molecule has 0 unspecified atom stereocenters. The number of carbonyl (C=O) groups excluding carboxylic acids is 1. The SMILES string of the molecule is CCCC1=C(C(=O)OCC)[C@H](c2cc(Cl)ccc2OC)n2c(s/c(=C/c3cc(C)n(-c4ccc(-c5ccccc5)cc4)c3C)c2=O)=N1. The molecule has 0 spiro atoms. The molecule has 6 rings (SSSR count). The molecule has 0 aliphatic carbocycles. The van der Waals surface area contributed by atoms with Crippen molar-refractivity contribution in [2.75, 3.05) is 13.7 Å². The van der Waals surface area contributed by atoms with Crippen LogP contribution in [0.5, 0.6) is 5.75 Å². The summed E-state index contributed by atoms with van der Waals surface area (Å²) < 4.78 is 15.5. The van der Waals surface area contributed by atoms with Gasteiger partial charge in [-0.1, -0.05) is 78.7 Å². The van der Waals surface area contributed by atoms with Crippen LogP contribution in [-0.4, -0.2) is 28.8 Å². The molecule has 1 aliphatic heterocycles. The monoisotopic (exact) mass is 665 g/mol. The predicted octanol–water partition coefficient (Wildman–Crippen LogP) is 7.32. The van der Waals surface area contributed by atoms with Gasteiger partial charge in [-0.05, 0) is 86.4 Å². The maximum atomic E-state index is 14.3. The first-order valence-electron chi connectivity index (χ1n) is 15.7. The topological polar surface area (TPSA) is 74.8 Å². The van der Waals surface area contributed by atoms with Crippen LogP contribution in [0.15, 0.2) is 99.9 Å². The van der Waals surface area contributed by atoms with E-state index in [1.807, 2.05) is 31.2 Å². The number of methoxy groups -OCH3 is 1. The predicted molar refractivity (Wildman–Crippen MR) is 188 cm³/mol. The van der Waals surface area contributed by atoms with Crippen molar-refractivity contribution in [3.8, 4) is 22.6 Å². The summed E-state index contributed by atoms with van der Waals surface area (Å²) in [7, 11) is 1.56. The fourth-order valence-electron chi connectivity index (χ4n) is 6.24. The number of hydrogen-bond donors (Lipinski definition) is 0. The van der Waals surface area contributed by atoms with Gasteiger partial charge in [-0.3, -0.25) is 9.36 Å². The summed E-state index contributed by atoms with van der Waals surface area (Å²) in [6.07, 6.45) is 3.22. The van der Waals surface area contributed by atoms with Crippen molar-refractivity contribution in [2.45, 2.75) is 46.6 Å². The second kappa shape index (κ2) is 13.6. The van der Waals surface area contributed by atoms with Crippen LogP contribution < -0.4 is 19.6 Å². The third-order valence-corrected chi connectivity index (χ3v) is 9.59. The number of ether oxygens (including phenoxy) is 2. The standard InChI is InChI=1S/C38H36ClN3O4S/c1-6-11-31-34(37(44)46-7-2)35(30-22-28(39)16-19-32(30)45-5)42-36(43)33(47-38(42)40-31)21-27-20-23(3)41(24(27)4)29-17-14-26(15-18-29)25-12-9-8-10-13-25/h8-10,12-22,35H,6-7,11H2,1-5H3/b33-21+/t35-/m0/s1. The Morgan fingerprint density at radius 2 is 1.72 bits per heavy atom. The third kappa shape index (κ3) is 6.11. The number of halogens is 1. The molecule has 240 valence electrons. The van der Waals surface area contributed by atoms with Gasteiger partial charge >= 0.3 is 5.97 Å². The number of allylic oxidation sites excluding steroid dienone is 1. The lowest BCUT2D eigenvalue weighted by Crippen LogP contribution is -2.40. The summed E-state index contributed by atoms with van der Waals surface area (Å²) in [6.45, 7) is 8.09. The number of aryl methyl sites for hydroxylation is 1. The van der Waals surface area contributed by atoms with Gasteiger partial charge in [0.1, 0.15) is 11.8 Å². The molecular formula is C38H36ClN3O4S. The zero-order chi connectivity index (χ0) is 33.2. The van der Waals surface area contributed by atoms with Gasteiger partial charge in [0, 0.05) is 27.7 Å². The Labute approximate surface area is 282 Å². The minimum absolute atomic E-state index is 0.191. The molecule has 7 nitrogen and oxygen atoms in total. The maximum Gasteiger partial charge on any atom is 0.338 e. The van der Waals surface area contributed by atoms with Gasteiger partial charge in [0.25, 0.3) is 5.56 Å². The highest BCUT2D eigenvalue weighted by Gasteiger charge is 2.36. The van der Waals surface area contributed by atoms with E-state index in [0.29, 0.717) is 43.4 Å². The minimum atomic E-state index is -0.821. The van der Waals surface area contributed by atoms with Gasteiger partial charge in [0.05, 0.1) is 29.5 Å². The van der Waals surface area contributed by atoms with Crippen molar-refractivity contribution in [1.29, 1.82) is 0 Å². The smallest absolute Gasteiger partial charge is 0.338 e. The van der Waals surface area contributed by atoms with Crippen LogP contribution in [0.4, 0.5) is 0 Å². The Bertz CT molecular complexity index is 2180.